The lowest BCUT2D eigenvalue weighted by Crippen LogP contribution is -2.37. The van der Waals surface area contributed by atoms with Crippen molar-refractivity contribution in [3.63, 3.8) is 0 Å². The summed E-state index contributed by atoms with van der Waals surface area (Å²) in [6.07, 6.45) is 0. The van der Waals surface area contributed by atoms with Gasteiger partial charge in [0.1, 0.15) is 5.75 Å². The third-order valence-electron chi connectivity index (χ3n) is 4.37. The summed E-state index contributed by atoms with van der Waals surface area (Å²) in [4.78, 5) is 14.5. The predicted octanol–water partition coefficient (Wildman–Crippen LogP) is 2.91. The number of nitrogens with one attached hydrogen (secondary N) is 2. The highest BCUT2D eigenvalue weighted by molar-refractivity contribution is 6.31. The summed E-state index contributed by atoms with van der Waals surface area (Å²) in [6, 6.07) is 13.3. The monoisotopic (exact) mass is 389 g/mol. The van der Waals surface area contributed by atoms with Crippen LogP contribution in [0.2, 0.25) is 5.02 Å². The standard InChI is InChI=1S/C20H24ClN3O3/c1-26-17-4-2-3-15(11-17)13-23-20(25)14-22-18-12-16(21)5-6-19(18)24-7-9-27-10-8-24/h2-6,11-12,22H,7-10,13-14H2,1H3,(H,23,25). The molecule has 1 amide bonds. The topological polar surface area (TPSA) is 62.8 Å². The van der Waals surface area contributed by atoms with Crippen LogP contribution in [-0.2, 0) is 16.1 Å². The molecular formula is C20H24ClN3O3. The van der Waals surface area contributed by atoms with Gasteiger partial charge in [0.25, 0.3) is 0 Å². The number of ether oxygens (including phenoxy) is 2. The molecule has 6 nitrogen and oxygen atoms in total. The Kier molecular flexibility index (Phi) is 6.79. The van der Waals surface area contributed by atoms with E-state index >= 15 is 0 Å². The summed E-state index contributed by atoms with van der Waals surface area (Å²) in [5, 5.41) is 6.75. The fraction of sp³-hybridized carbons (Fsp3) is 0.350. The van der Waals surface area contributed by atoms with Crippen LogP contribution in [0.25, 0.3) is 0 Å². The molecule has 0 unspecified atom stereocenters. The normalized spacial score (nSPS) is 13.9. The van der Waals surface area contributed by atoms with Gasteiger partial charge in [0.05, 0.1) is 38.2 Å². The van der Waals surface area contributed by atoms with Crippen molar-refractivity contribution in [3.05, 3.63) is 53.1 Å². The summed E-state index contributed by atoms with van der Waals surface area (Å²) < 4.78 is 10.6. The smallest absolute Gasteiger partial charge is 0.239 e. The fourth-order valence-electron chi connectivity index (χ4n) is 2.95. The molecule has 1 aliphatic rings. The zero-order valence-electron chi connectivity index (χ0n) is 15.3. The molecule has 0 spiro atoms. The van der Waals surface area contributed by atoms with Crippen LogP contribution >= 0.6 is 11.6 Å². The van der Waals surface area contributed by atoms with Crippen molar-refractivity contribution in [2.45, 2.75) is 6.54 Å². The molecule has 7 heteroatoms. The molecule has 1 saturated heterocycles. The first-order chi connectivity index (χ1) is 13.2. The van der Waals surface area contributed by atoms with Gasteiger partial charge >= 0.3 is 0 Å². The average molecular weight is 390 g/mol. The first-order valence-corrected chi connectivity index (χ1v) is 9.29. The third kappa shape index (κ3) is 5.52. The van der Waals surface area contributed by atoms with Gasteiger partial charge in [-0.25, -0.2) is 0 Å². The molecule has 0 aromatic heterocycles. The molecule has 144 valence electrons. The van der Waals surface area contributed by atoms with Crippen LogP contribution in [-0.4, -0.2) is 45.9 Å². The number of hydrogen-bond acceptors (Lipinski definition) is 5. The van der Waals surface area contributed by atoms with E-state index in [9.17, 15) is 4.79 Å². The first kappa shape index (κ1) is 19.3. The highest BCUT2D eigenvalue weighted by atomic mass is 35.5. The van der Waals surface area contributed by atoms with Crippen LogP contribution in [0.15, 0.2) is 42.5 Å². The number of rotatable bonds is 7. The van der Waals surface area contributed by atoms with Crippen LogP contribution < -0.4 is 20.3 Å². The van der Waals surface area contributed by atoms with Gasteiger partial charge < -0.3 is 25.0 Å². The zero-order chi connectivity index (χ0) is 19.1. The Hall–Kier alpha value is -2.44. The Morgan fingerprint density at radius 3 is 2.81 bits per heavy atom. The van der Waals surface area contributed by atoms with E-state index in [1.807, 2.05) is 42.5 Å². The minimum atomic E-state index is -0.0919. The number of nitrogens with zero attached hydrogens (tertiary/aromatic N) is 1. The van der Waals surface area contributed by atoms with Crippen LogP contribution in [0, 0.1) is 0 Å². The molecule has 2 N–H and O–H groups in total. The Morgan fingerprint density at radius 2 is 2.04 bits per heavy atom. The minimum Gasteiger partial charge on any atom is -0.497 e. The Balaban J connectivity index is 1.57. The number of benzene rings is 2. The molecular weight excluding hydrogens is 366 g/mol. The Labute approximate surface area is 164 Å². The van der Waals surface area contributed by atoms with E-state index in [0.717, 1.165) is 35.8 Å². The largest absolute Gasteiger partial charge is 0.497 e. The van der Waals surface area contributed by atoms with E-state index in [1.54, 1.807) is 7.11 Å². The van der Waals surface area contributed by atoms with Crippen LogP contribution in [0.1, 0.15) is 5.56 Å². The summed E-state index contributed by atoms with van der Waals surface area (Å²) in [7, 11) is 1.62. The summed E-state index contributed by atoms with van der Waals surface area (Å²) in [6.45, 7) is 3.65. The summed E-state index contributed by atoms with van der Waals surface area (Å²) in [5.74, 6) is 0.680. The Bertz CT molecular complexity index is 779. The van der Waals surface area contributed by atoms with Crippen molar-refractivity contribution in [2.75, 3.05) is 50.2 Å². The second kappa shape index (κ2) is 9.48. The van der Waals surface area contributed by atoms with E-state index < -0.39 is 0 Å². The molecule has 2 aromatic rings. The molecule has 0 atom stereocenters. The van der Waals surface area contributed by atoms with Crippen LogP contribution in [0.3, 0.4) is 0 Å². The van der Waals surface area contributed by atoms with Crippen LogP contribution in [0.5, 0.6) is 5.75 Å². The van der Waals surface area contributed by atoms with Gasteiger partial charge in [0, 0.05) is 24.7 Å². The first-order valence-electron chi connectivity index (χ1n) is 8.91. The lowest BCUT2D eigenvalue weighted by atomic mass is 10.2. The predicted molar refractivity (Wildman–Crippen MR) is 108 cm³/mol. The number of morpholine rings is 1. The van der Waals surface area contributed by atoms with Crippen molar-refractivity contribution in [3.8, 4) is 5.75 Å². The van der Waals surface area contributed by atoms with Crippen molar-refractivity contribution in [2.24, 2.45) is 0 Å². The maximum atomic E-state index is 12.2. The molecule has 2 aromatic carbocycles. The van der Waals surface area contributed by atoms with Gasteiger partial charge in [-0.3, -0.25) is 4.79 Å². The van der Waals surface area contributed by atoms with Gasteiger partial charge in [-0.15, -0.1) is 0 Å². The van der Waals surface area contributed by atoms with Crippen LogP contribution in [0.4, 0.5) is 11.4 Å². The molecule has 0 bridgehead atoms. The lowest BCUT2D eigenvalue weighted by molar-refractivity contribution is -0.119. The molecule has 0 radical (unpaired) electrons. The highest BCUT2D eigenvalue weighted by Gasteiger charge is 2.15. The third-order valence-corrected chi connectivity index (χ3v) is 4.61. The van der Waals surface area contributed by atoms with Crippen molar-refractivity contribution in [1.29, 1.82) is 0 Å². The van der Waals surface area contributed by atoms with Gasteiger partial charge in [0.15, 0.2) is 0 Å². The number of amides is 1. The summed E-state index contributed by atoms with van der Waals surface area (Å²) in [5.41, 5.74) is 2.86. The molecule has 3 rings (SSSR count). The second-order valence-corrected chi connectivity index (χ2v) is 6.68. The number of anilines is 2. The lowest BCUT2D eigenvalue weighted by Gasteiger charge is -2.30. The van der Waals surface area contributed by atoms with Crippen molar-refractivity contribution in [1.82, 2.24) is 5.32 Å². The van der Waals surface area contributed by atoms with E-state index in [4.69, 9.17) is 21.1 Å². The van der Waals surface area contributed by atoms with Crippen molar-refractivity contribution >= 4 is 28.9 Å². The number of hydrogen-bond donors (Lipinski definition) is 2. The maximum Gasteiger partial charge on any atom is 0.239 e. The molecule has 27 heavy (non-hydrogen) atoms. The summed E-state index contributed by atoms with van der Waals surface area (Å²) >= 11 is 6.15. The molecule has 0 aliphatic carbocycles. The Morgan fingerprint density at radius 1 is 1.22 bits per heavy atom. The number of carbonyl (C=O) groups excluding carboxylic acids is 1. The molecule has 1 aliphatic heterocycles. The molecule has 1 fully saturated rings. The number of carbonyl (C=O) groups is 1. The molecule has 1 heterocycles. The SMILES string of the molecule is COc1cccc(CNC(=O)CNc2cc(Cl)ccc2N2CCOCC2)c1. The van der Waals surface area contributed by atoms with Gasteiger partial charge in [-0.2, -0.15) is 0 Å². The zero-order valence-corrected chi connectivity index (χ0v) is 16.1. The number of methoxy groups -OCH3 is 1. The van der Waals surface area contributed by atoms with Crippen molar-refractivity contribution < 1.29 is 14.3 Å². The maximum absolute atomic E-state index is 12.2. The van der Waals surface area contributed by atoms with Gasteiger partial charge in [-0.1, -0.05) is 23.7 Å². The fourth-order valence-corrected chi connectivity index (χ4v) is 3.12. The van der Waals surface area contributed by atoms with E-state index in [1.165, 1.54) is 0 Å². The van der Waals surface area contributed by atoms with E-state index in [2.05, 4.69) is 15.5 Å². The number of halogens is 1. The second-order valence-electron chi connectivity index (χ2n) is 6.24. The highest BCUT2D eigenvalue weighted by Crippen LogP contribution is 2.29. The van der Waals surface area contributed by atoms with E-state index in [0.29, 0.717) is 24.8 Å². The minimum absolute atomic E-state index is 0.0919. The molecule has 0 saturated carbocycles. The average Bonchev–Trinajstić information content (AvgIpc) is 2.71. The van der Waals surface area contributed by atoms with E-state index in [-0.39, 0.29) is 12.5 Å². The van der Waals surface area contributed by atoms with Gasteiger partial charge in [-0.05, 0) is 35.9 Å². The quantitative estimate of drug-likeness (QED) is 0.762. The van der Waals surface area contributed by atoms with Gasteiger partial charge in [0.2, 0.25) is 5.91 Å².